The Morgan fingerprint density at radius 3 is 2.36 bits per heavy atom. The number of nitrogens with zero attached hydrogens (tertiary/aromatic N) is 2. The maximum Gasteiger partial charge on any atom is 0.249 e. The first-order valence-electron chi connectivity index (χ1n) is 13.7. The molecule has 0 bridgehead atoms. The zero-order chi connectivity index (χ0) is 28.4. The molecule has 210 valence electrons. The van der Waals surface area contributed by atoms with Gasteiger partial charge in [0.1, 0.15) is 11.8 Å². The maximum absolute atomic E-state index is 13.9. The summed E-state index contributed by atoms with van der Waals surface area (Å²) in [7, 11) is 0. The Morgan fingerprint density at radius 2 is 1.74 bits per heavy atom. The zero-order valence-electron chi connectivity index (χ0n) is 23.2. The second-order valence-electron chi connectivity index (χ2n) is 10.2. The molecule has 0 spiro atoms. The fourth-order valence-electron chi connectivity index (χ4n) is 5.07. The highest BCUT2D eigenvalue weighted by Gasteiger charge is 2.35. The summed E-state index contributed by atoms with van der Waals surface area (Å²) in [6.45, 7) is 6.27. The molecular weight excluding hydrogens is 494 g/mol. The van der Waals surface area contributed by atoms with Crippen molar-refractivity contribution in [1.29, 1.82) is 0 Å². The average Bonchev–Trinajstić information content (AvgIpc) is 3.35. The number of amides is 2. The quantitative estimate of drug-likeness (QED) is 0.214. The van der Waals surface area contributed by atoms with E-state index in [1.165, 1.54) is 0 Å². The van der Waals surface area contributed by atoms with Gasteiger partial charge < -0.3 is 26.4 Å². The molecular formula is C30H41N5O4. The number of aryl methyl sites for hydroxylation is 2. The Hall–Kier alpha value is -3.72. The van der Waals surface area contributed by atoms with E-state index in [-0.39, 0.29) is 11.7 Å². The Labute approximate surface area is 230 Å². The van der Waals surface area contributed by atoms with Crippen LogP contribution in [-0.4, -0.2) is 33.6 Å². The van der Waals surface area contributed by atoms with E-state index in [9.17, 15) is 14.7 Å². The van der Waals surface area contributed by atoms with Crippen LogP contribution in [0.1, 0.15) is 79.0 Å². The van der Waals surface area contributed by atoms with Crippen LogP contribution in [0.15, 0.2) is 47.0 Å². The Kier molecular flexibility index (Phi) is 11.0. The normalized spacial score (nSPS) is 13.5. The van der Waals surface area contributed by atoms with E-state index in [4.69, 9.17) is 16.0 Å². The van der Waals surface area contributed by atoms with Crippen molar-refractivity contribution in [2.24, 2.45) is 23.3 Å². The van der Waals surface area contributed by atoms with Crippen LogP contribution >= 0.6 is 0 Å². The van der Waals surface area contributed by atoms with Gasteiger partial charge in [-0.05, 0) is 86.9 Å². The number of aromatic hydroxyl groups is 1. The van der Waals surface area contributed by atoms with Gasteiger partial charge in [0.15, 0.2) is 5.82 Å². The number of nitrogens with two attached hydrogens (primary N) is 2. The first-order valence-corrected chi connectivity index (χ1v) is 13.7. The molecule has 3 atom stereocenters. The summed E-state index contributed by atoms with van der Waals surface area (Å²) in [6.07, 6.45) is 4.13. The summed E-state index contributed by atoms with van der Waals surface area (Å²) in [5.41, 5.74) is 15.2. The highest BCUT2D eigenvalue weighted by molar-refractivity contribution is 5.87. The summed E-state index contributed by atoms with van der Waals surface area (Å²) < 4.78 is 5.61. The molecule has 9 nitrogen and oxygen atoms in total. The number of hydrogen-bond acceptors (Lipinski definition) is 7. The van der Waals surface area contributed by atoms with Crippen molar-refractivity contribution in [3.63, 3.8) is 0 Å². The van der Waals surface area contributed by atoms with Crippen LogP contribution in [0.4, 0.5) is 0 Å². The first kappa shape index (κ1) is 29.8. The summed E-state index contributed by atoms with van der Waals surface area (Å²) in [4.78, 5) is 31.0. The van der Waals surface area contributed by atoms with Crippen LogP contribution in [0.5, 0.6) is 5.75 Å². The summed E-state index contributed by atoms with van der Waals surface area (Å²) in [6, 6.07) is 12.6. The highest BCUT2D eigenvalue weighted by atomic mass is 16.5. The molecule has 2 amide bonds. The van der Waals surface area contributed by atoms with Gasteiger partial charge >= 0.3 is 0 Å². The van der Waals surface area contributed by atoms with E-state index in [1.54, 1.807) is 12.1 Å². The average molecular weight is 536 g/mol. The van der Waals surface area contributed by atoms with Gasteiger partial charge in [-0.2, -0.15) is 4.98 Å². The molecule has 3 aromatic rings. The number of unbranched alkanes of at least 4 members (excludes halogenated alkanes) is 1. The van der Waals surface area contributed by atoms with E-state index >= 15 is 0 Å². The molecule has 3 rings (SSSR count). The number of phenols is 1. The number of phenolic OH excluding ortho intramolecular Hbond substituents is 1. The smallest absolute Gasteiger partial charge is 0.249 e. The second kappa shape index (κ2) is 14.4. The van der Waals surface area contributed by atoms with E-state index < -0.39 is 23.8 Å². The van der Waals surface area contributed by atoms with E-state index in [2.05, 4.69) is 15.5 Å². The van der Waals surface area contributed by atoms with E-state index in [0.717, 1.165) is 35.1 Å². The fourth-order valence-corrected chi connectivity index (χ4v) is 5.07. The minimum Gasteiger partial charge on any atom is -0.508 e. The molecule has 0 fully saturated rings. The van der Waals surface area contributed by atoms with Gasteiger partial charge in [-0.1, -0.05) is 48.8 Å². The van der Waals surface area contributed by atoms with Crippen LogP contribution in [0.3, 0.4) is 0 Å². The molecule has 0 aliphatic rings. The van der Waals surface area contributed by atoms with Crippen LogP contribution in [0.2, 0.25) is 0 Å². The third-order valence-corrected chi connectivity index (χ3v) is 7.14. The molecule has 0 saturated heterocycles. The number of nitrogens with one attached hydrogen (secondary N) is 1. The SMILES string of the molecule is CCCC(C(N)=O)[C@H](Cc1c(C)cc(O)cc1C)C(=O)N[C@@H](CCCCN)c1nc(Cc2ccccc2)no1. The third-order valence-electron chi connectivity index (χ3n) is 7.14. The topological polar surface area (TPSA) is 157 Å². The molecule has 6 N–H and O–H groups in total. The van der Waals surface area contributed by atoms with Gasteiger partial charge in [-0.15, -0.1) is 0 Å². The van der Waals surface area contributed by atoms with Crippen molar-refractivity contribution in [3.05, 3.63) is 76.4 Å². The summed E-state index contributed by atoms with van der Waals surface area (Å²) in [5, 5.41) is 17.2. The number of primary amides is 1. The van der Waals surface area contributed by atoms with Gasteiger partial charge in [0.25, 0.3) is 0 Å². The van der Waals surface area contributed by atoms with Crippen LogP contribution < -0.4 is 16.8 Å². The third kappa shape index (κ3) is 8.38. The molecule has 1 heterocycles. The van der Waals surface area contributed by atoms with E-state index in [1.807, 2.05) is 51.1 Å². The number of aromatic nitrogens is 2. The fraction of sp³-hybridized carbons (Fsp3) is 0.467. The molecule has 2 aromatic carbocycles. The lowest BCUT2D eigenvalue weighted by atomic mass is 9.80. The van der Waals surface area contributed by atoms with Crippen LogP contribution in [0, 0.1) is 25.7 Å². The Morgan fingerprint density at radius 1 is 1.05 bits per heavy atom. The molecule has 1 aromatic heterocycles. The number of hydrogen-bond donors (Lipinski definition) is 4. The monoisotopic (exact) mass is 535 g/mol. The molecule has 39 heavy (non-hydrogen) atoms. The molecule has 9 heteroatoms. The van der Waals surface area contributed by atoms with Crippen molar-refractivity contribution in [3.8, 4) is 5.75 Å². The number of carbonyl (C=O) groups excluding carboxylic acids is 2. The lowest BCUT2D eigenvalue weighted by molar-refractivity contribution is -0.134. The molecule has 0 radical (unpaired) electrons. The van der Waals surface area contributed by atoms with Gasteiger partial charge in [-0.3, -0.25) is 9.59 Å². The summed E-state index contributed by atoms with van der Waals surface area (Å²) in [5.74, 6) is -1.13. The largest absolute Gasteiger partial charge is 0.508 e. The number of rotatable bonds is 15. The lowest BCUT2D eigenvalue weighted by Gasteiger charge is -2.27. The summed E-state index contributed by atoms with van der Waals surface area (Å²) >= 11 is 0. The van der Waals surface area contributed by atoms with Crippen molar-refractivity contribution in [1.82, 2.24) is 15.5 Å². The number of benzene rings is 2. The van der Waals surface area contributed by atoms with Gasteiger partial charge in [0, 0.05) is 12.3 Å². The van der Waals surface area contributed by atoms with Crippen LogP contribution in [-0.2, 0) is 22.4 Å². The van der Waals surface area contributed by atoms with Crippen molar-refractivity contribution in [2.75, 3.05) is 6.54 Å². The predicted molar refractivity (Wildman–Crippen MR) is 150 cm³/mol. The first-order chi connectivity index (χ1) is 18.7. The predicted octanol–water partition coefficient (Wildman–Crippen LogP) is 4.03. The number of carbonyl (C=O) groups is 2. The molecule has 1 unspecified atom stereocenters. The molecule has 0 saturated carbocycles. The minimum atomic E-state index is -0.701. The zero-order valence-corrected chi connectivity index (χ0v) is 23.2. The van der Waals surface area contributed by atoms with Crippen molar-refractivity contribution in [2.45, 2.75) is 71.8 Å². The highest BCUT2D eigenvalue weighted by Crippen LogP contribution is 2.29. The Bertz CT molecular complexity index is 1200. The molecule has 0 aliphatic heterocycles. The van der Waals surface area contributed by atoms with Crippen LogP contribution in [0.25, 0.3) is 0 Å². The van der Waals surface area contributed by atoms with Crippen molar-refractivity contribution < 1.29 is 19.2 Å². The van der Waals surface area contributed by atoms with Gasteiger partial charge in [-0.25, -0.2) is 0 Å². The maximum atomic E-state index is 13.9. The standard InChI is InChI=1S/C30H41N5O4/c1-4-10-23(28(32)37)25(18-24-19(2)15-22(36)16-20(24)3)29(38)33-26(13-8-9-14-31)30-34-27(35-39-30)17-21-11-6-5-7-12-21/h5-7,11-12,15-16,23,25-26,36H,4,8-10,13-14,17-18,31H2,1-3H3,(H2,32,37)(H,33,38)/t23?,25-,26-/m0/s1. The molecule has 0 aliphatic carbocycles. The minimum absolute atomic E-state index is 0.164. The van der Waals surface area contributed by atoms with Gasteiger partial charge in [0.2, 0.25) is 17.7 Å². The van der Waals surface area contributed by atoms with Crippen molar-refractivity contribution >= 4 is 11.8 Å². The Balaban J connectivity index is 1.89. The lowest BCUT2D eigenvalue weighted by Crippen LogP contribution is -2.43. The van der Waals surface area contributed by atoms with Gasteiger partial charge in [0.05, 0.1) is 5.92 Å². The second-order valence-corrected chi connectivity index (χ2v) is 10.2. The van der Waals surface area contributed by atoms with E-state index in [0.29, 0.717) is 50.4 Å².